The summed E-state index contributed by atoms with van der Waals surface area (Å²) in [5.74, 6) is 0. The Kier molecular flexibility index (Phi) is 1.62. The number of hydrogen-bond acceptors (Lipinski definition) is 0. The first-order valence-electron chi connectivity index (χ1n) is 4.17. The predicted octanol–water partition coefficient (Wildman–Crippen LogP) is 3.27. The Balaban J connectivity index is 2.49. The van der Waals surface area contributed by atoms with Gasteiger partial charge in [0, 0.05) is 16.5 Å². The number of fused-ring (bicyclic) bond motifs is 3. The number of nitrogens with one attached hydrogen (secondary N) is 1. The molecule has 0 bridgehead atoms. The standard InChI is InChI=1S/C11H8IN/c1-2-4-10-8(3-1)9-5-6-12-7-11(9)13-10/h1-7,13H. The van der Waals surface area contributed by atoms with Crippen LogP contribution in [0.15, 0.2) is 28.3 Å². The van der Waals surface area contributed by atoms with Gasteiger partial charge in [0.2, 0.25) is 0 Å². The second-order valence-electron chi connectivity index (χ2n) is 3.03. The van der Waals surface area contributed by atoms with E-state index in [0.717, 1.165) is 0 Å². The minimum absolute atomic E-state index is 0.151. The van der Waals surface area contributed by atoms with Gasteiger partial charge in [-0.15, -0.1) is 0 Å². The van der Waals surface area contributed by atoms with Gasteiger partial charge >= 0.3 is 0 Å². The molecule has 64 valence electrons. The van der Waals surface area contributed by atoms with E-state index in [4.69, 9.17) is 0 Å². The topological polar surface area (TPSA) is 15.8 Å². The number of hydrogen-bond donors (Lipinski definition) is 1. The lowest BCUT2D eigenvalue weighted by molar-refractivity contribution is 1.45. The number of benzene rings is 1. The molecule has 13 heavy (non-hydrogen) atoms. The maximum absolute atomic E-state index is 3.44. The number of para-hydroxylation sites is 1. The van der Waals surface area contributed by atoms with E-state index in [1.54, 1.807) is 0 Å². The molecule has 1 aliphatic rings. The van der Waals surface area contributed by atoms with E-state index in [2.05, 4.69) is 43.4 Å². The second-order valence-corrected chi connectivity index (χ2v) is 5.09. The van der Waals surface area contributed by atoms with Crippen LogP contribution in [-0.2, 0) is 0 Å². The van der Waals surface area contributed by atoms with E-state index < -0.39 is 0 Å². The number of aromatic nitrogens is 1. The van der Waals surface area contributed by atoms with Gasteiger partial charge in [0.15, 0.2) is 0 Å². The van der Waals surface area contributed by atoms with E-state index in [-0.39, 0.29) is 20.7 Å². The normalized spacial score (nSPS) is 14.2. The van der Waals surface area contributed by atoms with Crippen LogP contribution in [0, 0.1) is 0 Å². The average molecular weight is 281 g/mol. The molecule has 0 spiro atoms. The molecule has 1 aromatic heterocycles. The zero-order valence-electron chi connectivity index (χ0n) is 6.92. The summed E-state index contributed by atoms with van der Waals surface area (Å²) < 4.78 is 4.65. The van der Waals surface area contributed by atoms with Crippen LogP contribution in [0.1, 0.15) is 11.3 Å². The molecule has 0 radical (unpaired) electrons. The highest BCUT2D eigenvalue weighted by molar-refractivity contribution is 14.2. The highest BCUT2D eigenvalue weighted by Gasteiger charge is 2.07. The summed E-state index contributed by atoms with van der Waals surface area (Å²) >= 11 is 0.151. The predicted molar refractivity (Wildman–Crippen MR) is 66.5 cm³/mol. The lowest BCUT2D eigenvalue weighted by atomic mass is 10.1. The van der Waals surface area contributed by atoms with Crippen LogP contribution in [0.4, 0.5) is 0 Å². The van der Waals surface area contributed by atoms with Crippen molar-refractivity contribution in [3.63, 3.8) is 0 Å². The van der Waals surface area contributed by atoms with Crippen LogP contribution in [0.3, 0.4) is 0 Å². The molecule has 2 heteroatoms. The molecular formula is C11H8IN. The molecular weight excluding hydrogens is 273 g/mol. The molecule has 2 aromatic rings. The molecule has 0 saturated carbocycles. The fourth-order valence-corrected chi connectivity index (χ4v) is 3.27. The third-order valence-corrected chi connectivity index (χ3v) is 4.01. The number of halogens is 1. The number of rotatable bonds is 0. The quantitative estimate of drug-likeness (QED) is 0.713. The summed E-state index contributed by atoms with van der Waals surface area (Å²) in [4.78, 5) is 3.44. The van der Waals surface area contributed by atoms with Gasteiger partial charge < -0.3 is 4.98 Å². The maximum Gasteiger partial charge on any atom is 0.0522 e. The summed E-state index contributed by atoms with van der Waals surface area (Å²) in [6.45, 7) is 0. The van der Waals surface area contributed by atoms with Gasteiger partial charge in [-0.1, -0.05) is 38.9 Å². The first kappa shape index (κ1) is 7.50. The van der Waals surface area contributed by atoms with E-state index in [1.165, 1.54) is 22.2 Å². The average Bonchev–Trinajstić information content (AvgIpc) is 2.56. The van der Waals surface area contributed by atoms with Gasteiger partial charge in [-0.05, 0) is 20.2 Å². The number of H-pyrrole nitrogens is 1. The van der Waals surface area contributed by atoms with Gasteiger partial charge in [0.05, 0.1) is 5.69 Å². The van der Waals surface area contributed by atoms with Crippen molar-refractivity contribution < 1.29 is 0 Å². The Morgan fingerprint density at radius 3 is 3.08 bits per heavy atom. The van der Waals surface area contributed by atoms with Crippen molar-refractivity contribution in [3.05, 3.63) is 39.6 Å². The van der Waals surface area contributed by atoms with Crippen LogP contribution in [0.25, 0.3) is 17.0 Å². The Bertz CT molecular complexity index is 520. The Hall–Kier alpha value is -0.900. The van der Waals surface area contributed by atoms with Crippen LogP contribution in [-0.4, -0.2) is 9.00 Å². The fraction of sp³-hybridized carbons (Fsp3) is 0. The molecule has 0 aliphatic carbocycles. The molecule has 3 rings (SSSR count). The van der Waals surface area contributed by atoms with Crippen LogP contribution >= 0.6 is 20.7 Å². The second kappa shape index (κ2) is 2.80. The van der Waals surface area contributed by atoms with Gasteiger partial charge in [0.25, 0.3) is 0 Å². The highest BCUT2D eigenvalue weighted by Crippen LogP contribution is 2.27. The molecule has 2 heterocycles. The summed E-state index contributed by atoms with van der Waals surface area (Å²) in [6.07, 6.45) is 2.25. The van der Waals surface area contributed by atoms with Crippen molar-refractivity contribution in [1.82, 2.24) is 4.98 Å². The van der Waals surface area contributed by atoms with E-state index in [0.29, 0.717) is 0 Å². The molecule has 1 N–H and O–H groups in total. The minimum atomic E-state index is 0.151. The highest BCUT2D eigenvalue weighted by atomic mass is 127. The zero-order chi connectivity index (χ0) is 8.67. The molecule has 0 saturated heterocycles. The monoisotopic (exact) mass is 281 g/mol. The summed E-state index contributed by atoms with van der Waals surface area (Å²) in [5.41, 5.74) is 3.93. The van der Waals surface area contributed by atoms with E-state index in [1.807, 2.05) is 0 Å². The van der Waals surface area contributed by atoms with E-state index in [9.17, 15) is 0 Å². The van der Waals surface area contributed by atoms with Crippen LogP contribution < -0.4 is 0 Å². The van der Waals surface area contributed by atoms with Crippen molar-refractivity contribution in [2.24, 2.45) is 0 Å². The van der Waals surface area contributed by atoms with Crippen LogP contribution in [0.2, 0.25) is 0 Å². The molecule has 0 unspecified atom stereocenters. The lowest BCUT2D eigenvalue weighted by Crippen LogP contribution is -1.83. The zero-order valence-corrected chi connectivity index (χ0v) is 9.08. The minimum Gasteiger partial charge on any atom is -0.354 e. The van der Waals surface area contributed by atoms with Crippen molar-refractivity contribution in [2.75, 3.05) is 0 Å². The van der Waals surface area contributed by atoms with Crippen molar-refractivity contribution in [2.45, 2.75) is 0 Å². The fourth-order valence-electron chi connectivity index (χ4n) is 1.65. The van der Waals surface area contributed by atoms with Crippen molar-refractivity contribution in [1.29, 1.82) is 0 Å². The van der Waals surface area contributed by atoms with Gasteiger partial charge in [-0.2, -0.15) is 0 Å². The summed E-state index contributed by atoms with van der Waals surface area (Å²) in [5, 5.41) is 1.34. The van der Waals surface area contributed by atoms with Gasteiger partial charge in [-0.3, -0.25) is 0 Å². The maximum atomic E-state index is 3.44. The molecule has 1 aromatic carbocycles. The van der Waals surface area contributed by atoms with Crippen LogP contribution in [0.5, 0.6) is 0 Å². The summed E-state index contributed by atoms with van der Waals surface area (Å²) in [6, 6.07) is 8.47. The third kappa shape index (κ3) is 1.09. The number of aromatic amines is 1. The van der Waals surface area contributed by atoms with Crippen molar-refractivity contribution >= 4 is 41.7 Å². The molecule has 0 fully saturated rings. The molecule has 1 nitrogen and oxygen atoms in total. The lowest BCUT2D eigenvalue weighted by Gasteiger charge is -1.95. The van der Waals surface area contributed by atoms with E-state index >= 15 is 0 Å². The Morgan fingerprint density at radius 2 is 2.08 bits per heavy atom. The first-order chi connectivity index (χ1) is 6.45. The molecule has 1 aliphatic heterocycles. The molecule has 0 amide bonds. The Labute approximate surface area is 86.2 Å². The largest absolute Gasteiger partial charge is 0.354 e. The smallest absolute Gasteiger partial charge is 0.0522 e. The van der Waals surface area contributed by atoms with Gasteiger partial charge in [-0.25, -0.2) is 0 Å². The van der Waals surface area contributed by atoms with Crippen molar-refractivity contribution in [3.8, 4) is 0 Å². The third-order valence-electron chi connectivity index (χ3n) is 2.25. The first-order valence-corrected chi connectivity index (χ1v) is 6.67. The summed E-state index contributed by atoms with van der Waals surface area (Å²) in [7, 11) is 0. The molecule has 0 atom stereocenters. The van der Waals surface area contributed by atoms with Gasteiger partial charge in [0.1, 0.15) is 0 Å². The SMILES string of the molecule is C1=Cc2c([nH]c3ccccc23)C=I1. The Morgan fingerprint density at radius 1 is 1.15 bits per heavy atom.